The number of rotatable bonds is 4. The van der Waals surface area contributed by atoms with Gasteiger partial charge in [0.1, 0.15) is 12.1 Å². The number of oxazole rings is 1. The van der Waals surface area contributed by atoms with Crippen molar-refractivity contribution in [3.63, 3.8) is 0 Å². The smallest absolute Gasteiger partial charge is 0.227 e. The minimum atomic E-state index is 0.492. The minimum Gasteiger partial charge on any atom is -0.444 e. The molecule has 3 aromatic rings. The van der Waals surface area contributed by atoms with E-state index in [-0.39, 0.29) is 0 Å². The van der Waals surface area contributed by atoms with Gasteiger partial charge in [0.05, 0.1) is 28.5 Å². The van der Waals surface area contributed by atoms with Gasteiger partial charge < -0.3 is 8.98 Å². The van der Waals surface area contributed by atoms with Crippen molar-refractivity contribution in [3.05, 3.63) is 57.9 Å². The van der Waals surface area contributed by atoms with E-state index in [1.165, 1.54) is 0 Å². The number of aromatic nitrogens is 3. The van der Waals surface area contributed by atoms with Crippen molar-refractivity contribution >= 4 is 23.2 Å². The number of halogens is 2. The zero-order chi connectivity index (χ0) is 15.7. The number of imidazole rings is 1. The van der Waals surface area contributed by atoms with Gasteiger partial charge in [0.15, 0.2) is 0 Å². The third kappa shape index (κ3) is 3.03. The van der Waals surface area contributed by atoms with Crippen molar-refractivity contribution in [2.24, 2.45) is 0 Å². The molecule has 0 saturated heterocycles. The summed E-state index contributed by atoms with van der Waals surface area (Å²) in [6.45, 7) is 4.69. The minimum absolute atomic E-state index is 0.492. The molecule has 0 aliphatic heterocycles. The molecule has 1 aromatic carbocycles. The van der Waals surface area contributed by atoms with Gasteiger partial charge in [0.2, 0.25) is 5.89 Å². The number of benzene rings is 1. The first-order chi connectivity index (χ1) is 10.6. The Kier molecular flexibility index (Phi) is 4.23. The van der Waals surface area contributed by atoms with Gasteiger partial charge >= 0.3 is 0 Å². The van der Waals surface area contributed by atoms with Crippen LogP contribution in [0.5, 0.6) is 0 Å². The lowest BCUT2D eigenvalue weighted by atomic mass is 10.2. The van der Waals surface area contributed by atoms with Gasteiger partial charge in [-0.2, -0.15) is 0 Å². The van der Waals surface area contributed by atoms with Gasteiger partial charge in [-0.15, -0.1) is 0 Å². The Labute approximate surface area is 138 Å². The molecular formula is C16H15Cl2N3O. The summed E-state index contributed by atoms with van der Waals surface area (Å²) in [6.07, 6.45) is 4.54. The SMILES string of the molecule is CCc1nc(C)cn1Cc1coc(-c2ccc(Cl)cc2Cl)n1. The van der Waals surface area contributed by atoms with Crippen molar-refractivity contribution in [3.8, 4) is 11.5 Å². The van der Waals surface area contributed by atoms with Crippen LogP contribution in [0.25, 0.3) is 11.5 Å². The molecule has 4 nitrogen and oxygen atoms in total. The fourth-order valence-electron chi connectivity index (χ4n) is 2.36. The maximum Gasteiger partial charge on any atom is 0.227 e. The van der Waals surface area contributed by atoms with Crippen LogP contribution in [0.1, 0.15) is 24.1 Å². The summed E-state index contributed by atoms with van der Waals surface area (Å²) in [5, 5.41) is 1.11. The van der Waals surface area contributed by atoms with Gasteiger partial charge in [-0.25, -0.2) is 9.97 Å². The highest BCUT2D eigenvalue weighted by atomic mass is 35.5. The summed E-state index contributed by atoms with van der Waals surface area (Å²) in [6, 6.07) is 5.25. The number of hydrogen-bond donors (Lipinski definition) is 0. The Hall–Kier alpha value is -1.78. The standard InChI is InChI=1S/C16H15Cl2N3O/c1-3-15-19-10(2)7-21(15)8-12-9-22-16(20-12)13-5-4-11(17)6-14(13)18/h4-7,9H,3,8H2,1-2H3. The summed E-state index contributed by atoms with van der Waals surface area (Å²) >= 11 is 12.1. The first-order valence-electron chi connectivity index (χ1n) is 6.99. The number of hydrogen-bond acceptors (Lipinski definition) is 3. The van der Waals surface area contributed by atoms with E-state index in [0.29, 0.717) is 22.5 Å². The second kappa shape index (κ2) is 6.15. The largest absolute Gasteiger partial charge is 0.444 e. The van der Waals surface area contributed by atoms with E-state index >= 15 is 0 Å². The molecular weight excluding hydrogens is 321 g/mol. The average molecular weight is 336 g/mol. The van der Waals surface area contributed by atoms with Crippen LogP contribution in [-0.4, -0.2) is 14.5 Å². The molecule has 0 atom stereocenters. The van der Waals surface area contributed by atoms with Gasteiger partial charge in [-0.05, 0) is 25.1 Å². The highest BCUT2D eigenvalue weighted by molar-refractivity contribution is 6.36. The molecule has 6 heteroatoms. The molecule has 22 heavy (non-hydrogen) atoms. The third-order valence-corrected chi connectivity index (χ3v) is 3.89. The molecule has 0 bridgehead atoms. The van der Waals surface area contributed by atoms with E-state index in [0.717, 1.165) is 29.2 Å². The van der Waals surface area contributed by atoms with Crippen LogP contribution in [-0.2, 0) is 13.0 Å². The van der Waals surface area contributed by atoms with E-state index in [1.54, 1.807) is 24.5 Å². The summed E-state index contributed by atoms with van der Waals surface area (Å²) in [5.74, 6) is 1.53. The van der Waals surface area contributed by atoms with Crippen LogP contribution in [0.4, 0.5) is 0 Å². The quantitative estimate of drug-likeness (QED) is 0.690. The number of nitrogens with zero attached hydrogens (tertiary/aromatic N) is 3. The Morgan fingerprint density at radius 1 is 1.23 bits per heavy atom. The molecule has 3 rings (SSSR count). The molecule has 0 saturated carbocycles. The van der Waals surface area contributed by atoms with E-state index < -0.39 is 0 Å². The molecule has 0 aliphatic carbocycles. The van der Waals surface area contributed by atoms with Gasteiger partial charge in [-0.1, -0.05) is 30.1 Å². The topological polar surface area (TPSA) is 43.9 Å². The van der Waals surface area contributed by atoms with Crippen LogP contribution < -0.4 is 0 Å². The zero-order valence-electron chi connectivity index (χ0n) is 12.3. The van der Waals surface area contributed by atoms with Crippen LogP contribution >= 0.6 is 23.2 Å². The Bertz CT molecular complexity index is 808. The monoisotopic (exact) mass is 335 g/mol. The lowest BCUT2D eigenvalue weighted by Gasteiger charge is -2.02. The van der Waals surface area contributed by atoms with E-state index in [4.69, 9.17) is 27.6 Å². The molecule has 2 heterocycles. The molecule has 2 aromatic heterocycles. The predicted octanol–water partition coefficient (Wildman–Crippen LogP) is 4.76. The third-order valence-electron chi connectivity index (χ3n) is 3.34. The molecule has 0 unspecified atom stereocenters. The zero-order valence-corrected chi connectivity index (χ0v) is 13.8. The van der Waals surface area contributed by atoms with Crippen molar-refractivity contribution < 1.29 is 4.42 Å². The molecule has 0 fully saturated rings. The van der Waals surface area contributed by atoms with Crippen molar-refractivity contribution in [2.75, 3.05) is 0 Å². The van der Waals surface area contributed by atoms with Crippen LogP contribution in [0, 0.1) is 6.92 Å². The van der Waals surface area contributed by atoms with Crippen LogP contribution in [0.2, 0.25) is 10.0 Å². The molecule has 0 N–H and O–H groups in total. The predicted molar refractivity (Wildman–Crippen MR) is 87.4 cm³/mol. The second-order valence-corrected chi connectivity index (χ2v) is 5.89. The van der Waals surface area contributed by atoms with Crippen molar-refractivity contribution in [1.29, 1.82) is 0 Å². The molecule has 0 aliphatic rings. The van der Waals surface area contributed by atoms with E-state index in [1.807, 2.05) is 13.1 Å². The Morgan fingerprint density at radius 3 is 2.77 bits per heavy atom. The van der Waals surface area contributed by atoms with Crippen molar-refractivity contribution in [2.45, 2.75) is 26.8 Å². The Morgan fingerprint density at radius 2 is 2.05 bits per heavy atom. The number of aryl methyl sites for hydroxylation is 2. The average Bonchev–Trinajstić information content (AvgIpc) is 3.06. The lowest BCUT2D eigenvalue weighted by molar-refractivity contribution is 0.571. The highest BCUT2D eigenvalue weighted by Crippen LogP contribution is 2.29. The van der Waals surface area contributed by atoms with Gasteiger partial charge in [0, 0.05) is 17.6 Å². The van der Waals surface area contributed by atoms with E-state index in [9.17, 15) is 0 Å². The van der Waals surface area contributed by atoms with E-state index in [2.05, 4.69) is 21.5 Å². The summed E-state index contributed by atoms with van der Waals surface area (Å²) in [4.78, 5) is 8.99. The van der Waals surface area contributed by atoms with Gasteiger partial charge in [-0.3, -0.25) is 0 Å². The second-order valence-electron chi connectivity index (χ2n) is 5.05. The molecule has 0 spiro atoms. The van der Waals surface area contributed by atoms with Crippen molar-refractivity contribution in [1.82, 2.24) is 14.5 Å². The summed E-state index contributed by atoms with van der Waals surface area (Å²) in [7, 11) is 0. The van der Waals surface area contributed by atoms with Crippen LogP contribution in [0.3, 0.4) is 0 Å². The first kappa shape index (κ1) is 15.1. The summed E-state index contributed by atoms with van der Waals surface area (Å²) in [5.41, 5.74) is 2.56. The van der Waals surface area contributed by atoms with Crippen LogP contribution in [0.15, 0.2) is 35.1 Å². The highest BCUT2D eigenvalue weighted by Gasteiger charge is 2.12. The fraction of sp³-hybridized carbons (Fsp3) is 0.250. The summed E-state index contributed by atoms with van der Waals surface area (Å²) < 4.78 is 7.64. The maximum absolute atomic E-state index is 6.18. The fourth-order valence-corrected chi connectivity index (χ4v) is 2.85. The Balaban J connectivity index is 1.87. The molecule has 0 amide bonds. The maximum atomic E-state index is 6.18. The normalized spacial score (nSPS) is 11.1. The molecule has 114 valence electrons. The molecule has 0 radical (unpaired) electrons. The van der Waals surface area contributed by atoms with Gasteiger partial charge in [0.25, 0.3) is 0 Å². The lowest BCUT2D eigenvalue weighted by Crippen LogP contribution is -2.03. The first-order valence-corrected chi connectivity index (χ1v) is 7.75.